The molecule has 29 heavy (non-hydrogen) atoms. The Hall–Kier alpha value is -2.74. The van der Waals surface area contributed by atoms with Gasteiger partial charge in [-0.05, 0) is 24.3 Å². The van der Waals surface area contributed by atoms with Crippen LogP contribution in [0.4, 0.5) is 10.1 Å². The minimum Gasteiger partial charge on any atom is -0.469 e. The number of ether oxygens (including phenoxy) is 1. The van der Waals surface area contributed by atoms with Crippen molar-refractivity contribution < 1.29 is 13.9 Å². The van der Waals surface area contributed by atoms with Gasteiger partial charge in [0.1, 0.15) is 10.7 Å². The number of aromatic nitrogens is 4. The zero-order valence-corrected chi connectivity index (χ0v) is 16.9. The summed E-state index contributed by atoms with van der Waals surface area (Å²) >= 11 is 5.97. The lowest BCUT2D eigenvalue weighted by molar-refractivity contribution is -0.141. The fourth-order valence-corrected chi connectivity index (χ4v) is 3.89. The van der Waals surface area contributed by atoms with Crippen LogP contribution in [0.1, 0.15) is 32.6 Å². The summed E-state index contributed by atoms with van der Waals surface area (Å²) in [5.74, 6) is -0.817. The number of aromatic amines is 1. The first-order chi connectivity index (χ1) is 13.9. The second-order valence-electron chi connectivity index (χ2n) is 7.63. The van der Waals surface area contributed by atoms with Gasteiger partial charge < -0.3 is 15.0 Å². The first kappa shape index (κ1) is 19.6. The zero-order chi connectivity index (χ0) is 20.6. The molecule has 0 unspecified atom stereocenters. The number of nitrogens with zero attached hydrogens (tertiary/aromatic N) is 3. The lowest BCUT2D eigenvalue weighted by Crippen LogP contribution is -2.45. The summed E-state index contributed by atoms with van der Waals surface area (Å²) in [6.07, 6.45) is 7.52. The van der Waals surface area contributed by atoms with Crippen molar-refractivity contribution in [1.82, 2.24) is 19.9 Å². The number of H-pyrrole nitrogens is 1. The van der Waals surface area contributed by atoms with Gasteiger partial charge in [-0.1, -0.05) is 24.9 Å². The highest BCUT2D eigenvalue weighted by Crippen LogP contribution is 2.45. The number of anilines is 1. The molecule has 1 atom stereocenters. The lowest BCUT2D eigenvalue weighted by atomic mass is 9.64. The summed E-state index contributed by atoms with van der Waals surface area (Å²) in [5.41, 5.74) is 2.49. The van der Waals surface area contributed by atoms with E-state index in [2.05, 4.69) is 32.2 Å². The van der Waals surface area contributed by atoms with Crippen LogP contribution < -0.4 is 5.32 Å². The topological polar surface area (TPSA) is 92.8 Å². The summed E-state index contributed by atoms with van der Waals surface area (Å²) in [7, 11) is 1.36. The Kier molecular flexibility index (Phi) is 5.12. The number of carbonyl (C=O) groups is 1. The van der Waals surface area contributed by atoms with Gasteiger partial charge >= 0.3 is 5.97 Å². The number of halogens is 2. The van der Waals surface area contributed by atoms with E-state index in [-0.39, 0.29) is 34.7 Å². The molecule has 152 valence electrons. The highest BCUT2D eigenvalue weighted by molar-refractivity contribution is 6.29. The highest BCUT2D eigenvalue weighted by Gasteiger charge is 2.41. The number of fused-ring (bicyclic) bond motifs is 1. The molecular formula is C20H21ClFN5O2. The van der Waals surface area contributed by atoms with E-state index in [0.717, 1.165) is 25.5 Å². The van der Waals surface area contributed by atoms with Crippen LogP contribution in [0, 0.1) is 11.2 Å². The number of esters is 1. The fraction of sp³-hybridized carbons (Fsp3) is 0.400. The van der Waals surface area contributed by atoms with Crippen LogP contribution >= 0.6 is 11.6 Å². The molecular weight excluding hydrogens is 397 g/mol. The quantitative estimate of drug-likeness (QED) is 0.579. The van der Waals surface area contributed by atoms with Crippen molar-refractivity contribution in [1.29, 1.82) is 0 Å². The van der Waals surface area contributed by atoms with Crippen LogP contribution in [0.2, 0.25) is 5.15 Å². The summed E-state index contributed by atoms with van der Waals surface area (Å²) in [6.45, 7) is 2.11. The van der Waals surface area contributed by atoms with Gasteiger partial charge in [-0.3, -0.25) is 9.78 Å². The minimum absolute atomic E-state index is 0.0934. The van der Waals surface area contributed by atoms with E-state index in [1.807, 2.05) is 0 Å². The SMILES string of the molecule is COC(=O)C[C@H](Nc1cc(-c2c[nH]c3ncc(Cl)nc23)ncc1F)C1(C)CCC1. The van der Waals surface area contributed by atoms with Gasteiger partial charge in [0.25, 0.3) is 0 Å². The first-order valence-electron chi connectivity index (χ1n) is 9.38. The van der Waals surface area contributed by atoms with Crippen molar-refractivity contribution >= 4 is 34.4 Å². The summed E-state index contributed by atoms with van der Waals surface area (Å²) in [6, 6.07) is 1.37. The summed E-state index contributed by atoms with van der Waals surface area (Å²) < 4.78 is 19.4. The van der Waals surface area contributed by atoms with E-state index in [1.165, 1.54) is 13.3 Å². The number of rotatable bonds is 6. The molecule has 0 amide bonds. The molecule has 3 heterocycles. The van der Waals surface area contributed by atoms with Gasteiger partial charge in [-0.25, -0.2) is 14.4 Å². The normalized spacial score (nSPS) is 16.3. The molecule has 0 aromatic carbocycles. The number of nitrogens with one attached hydrogen (secondary N) is 2. The maximum Gasteiger partial charge on any atom is 0.307 e. The predicted octanol–water partition coefficient (Wildman–Crippen LogP) is 4.35. The van der Waals surface area contributed by atoms with Gasteiger partial charge in [-0.15, -0.1) is 0 Å². The van der Waals surface area contributed by atoms with E-state index in [1.54, 1.807) is 12.3 Å². The molecule has 1 saturated carbocycles. The molecule has 7 nitrogen and oxygen atoms in total. The Labute approximate surface area is 172 Å². The van der Waals surface area contributed by atoms with Gasteiger partial charge in [0.05, 0.1) is 37.3 Å². The van der Waals surface area contributed by atoms with Gasteiger partial charge in [-0.2, -0.15) is 0 Å². The molecule has 3 aromatic rings. The van der Waals surface area contributed by atoms with Gasteiger partial charge in [0.2, 0.25) is 0 Å². The van der Waals surface area contributed by atoms with Gasteiger partial charge in [0.15, 0.2) is 11.5 Å². The molecule has 0 radical (unpaired) electrons. The zero-order valence-electron chi connectivity index (χ0n) is 16.1. The fourth-order valence-electron chi connectivity index (χ4n) is 3.75. The molecule has 1 aliphatic carbocycles. The molecule has 0 bridgehead atoms. The van der Waals surface area contributed by atoms with Crippen molar-refractivity contribution in [3.8, 4) is 11.3 Å². The predicted molar refractivity (Wildman–Crippen MR) is 108 cm³/mol. The molecule has 1 aliphatic rings. The first-order valence-corrected chi connectivity index (χ1v) is 9.76. The van der Waals surface area contributed by atoms with E-state index >= 15 is 0 Å². The van der Waals surface area contributed by atoms with Crippen LogP contribution in [0.5, 0.6) is 0 Å². The van der Waals surface area contributed by atoms with Crippen molar-refractivity contribution in [3.05, 3.63) is 35.6 Å². The Morgan fingerprint density at radius 2 is 2.21 bits per heavy atom. The molecule has 0 spiro atoms. The van der Waals surface area contributed by atoms with Crippen LogP contribution in [0.15, 0.2) is 24.7 Å². The lowest BCUT2D eigenvalue weighted by Gasteiger charge is -2.45. The average molecular weight is 418 g/mol. The number of pyridine rings is 1. The molecule has 9 heteroatoms. The Balaban J connectivity index is 1.68. The van der Waals surface area contributed by atoms with E-state index in [0.29, 0.717) is 22.4 Å². The van der Waals surface area contributed by atoms with Crippen LogP contribution in [-0.2, 0) is 9.53 Å². The van der Waals surface area contributed by atoms with Crippen LogP contribution in [-0.4, -0.2) is 39.1 Å². The number of hydrogen-bond donors (Lipinski definition) is 2. The summed E-state index contributed by atoms with van der Waals surface area (Å²) in [4.78, 5) is 27.6. The average Bonchev–Trinajstić information content (AvgIpc) is 3.10. The summed E-state index contributed by atoms with van der Waals surface area (Å²) in [5, 5.41) is 3.49. The standard InChI is InChI=1S/C20H21ClFN5O2/c1-20(4-3-5-20)15(7-17(28)29-2)26-14-6-13(23-9-12(14)22)11-8-24-19-18(11)27-16(21)10-25-19/h6,8-10,15H,3-5,7H2,1-2H3,(H,23,26)(H,24,25)/t15-/m0/s1. The number of hydrogen-bond acceptors (Lipinski definition) is 6. The molecule has 1 fully saturated rings. The minimum atomic E-state index is -0.490. The van der Waals surface area contributed by atoms with Crippen molar-refractivity contribution in [2.45, 2.75) is 38.6 Å². The number of methoxy groups -OCH3 is 1. The largest absolute Gasteiger partial charge is 0.469 e. The second-order valence-corrected chi connectivity index (χ2v) is 8.01. The molecule has 0 aliphatic heterocycles. The Morgan fingerprint density at radius 1 is 1.41 bits per heavy atom. The Morgan fingerprint density at radius 3 is 2.90 bits per heavy atom. The van der Waals surface area contributed by atoms with Crippen LogP contribution in [0.3, 0.4) is 0 Å². The van der Waals surface area contributed by atoms with E-state index in [9.17, 15) is 9.18 Å². The van der Waals surface area contributed by atoms with Crippen LogP contribution in [0.25, 0.3) is 22.4 Å². The second kappa shape index (κ2) is 7.59. The Bertz CT molecular complexity index is 1070. The third kappa shape index (κ3) is 3.76. The molecule has 4 rings (SSSR count). The van der Waals surface area contributed by atoms with Crippen molar-refractivity contribution in [2.24, 2.45) is 5.41 Å². The molecule has 2 N–H and O–H groups in total. The van der Waals surface area contributed by atoms with E-state index in [4.69, 9.17) is 16.3 Å². The number of carbonyl (C=O) groups excluding carboxylic acids is 1. The smallest absolute Gasteiger partial charge is 0.307 e. The van der Waals surface area contributed by atoms with Crippen molar-refractivity contribution in [2.75, 3.05) is 12.4 Å². The molecule has 3 aromatic heterocycles. The molecule has 0 saturated heterocycles. The monoisotopic (exact) mass is 417 g/mol. The third-order valence-electron chi connectivity index (χ3n) is 5.75. The maximum absolute atomic E-state index is 14.6. The maximum atomic E-state index is 14.6. The van der Waals surface area contributed by atoms with E-state index < -0.39 is 5.82 Å². The van der Waals surface area contributed by atoms with Gasteiger partial charge in [0, 0.05) is 17.8 Å². The van der Waals surface area contributed by atoms with Crippen molar-refractivity contribution in [3.63, 3.8) is 0 Å². The highest BCUT2D eigenvalue weighted by atomic mass is 35.5. The third-order valence-corrected chi connectivity index (χ3v) is 5.93.